The van der Waals surface area contributed by atoms with E-state index in [4.69, 9.17) is 17.3 Å². The average Bonchev–Trinajstić information content (AvgIpc) is 2.06. The minimum absolute atomic E-state index is 0.384. The molecule has 0 aliphatic carbocycles. The van der Waals surface area contributed by atoms with Crippen LogP contribution in [0.4, 0.5) is 0 Å². The summed E-state index contributed by atoms with van der Waals surface area (Å²) >= 11 is 5.51. The molecule has 0 saturated carbocycles. The molecule has 0 aliphatic rings. The van der Waals surface area contributed by atoms with E-state index in [0.29, 0.717) is 11.6 Å². The first-order valence-corrected chi connectivity index (χ1v) is 3.93. The number of rotatable bonds is 2. The van der Waals surface area contributed by atoms with Gasteiger partial charge >= 0.3 is 0 Å². The number of benzene rings is 1. The zero-order chi connectivity index (χ0) is 8.10. The zero-order valence-electron chi connectivity index (χ0n) is 6.13. The molecule has 0 atom stereocenters. The molecule has 0 unspecified atom stereocenters. The van der Waals surface area contributed by atoms with E-state index in [9.17, 15) is 0 Å². The molecule has 0 heterocycles. The van der Waals surface area contributed by atoms with E-state index in [1.807, 2.05) is 36.4 Å². The molecule has 0 radical (unpaired) electrons. The standard InChI is InChI=1S/C9H10ClN/c10-7-9(11)6-8-4-2-1-3-5-8/h1-6H,7,11H2. The van der Waals surface area contributed by atoms with Crippen LogP contribution in [0.15, 0.2) is 36.0 Å². The number of hydrogen-bond donors (Lipinski definition) is 1. The maximum Gasteiger partial charge on any atom is 0.0619 e. The van der Waals surface area contributed by atoms with Gasteiger partial charge in [0.15, 0.2) is 0 Å². The third kappa shape index (κ3) is 2.64. The van der Waals surface area contributed by atoms with E-state index in [0.717, 1.165) is 5.56 Å². The normalized spacial score (nSPS) is 11.5. The summed E-state index contributed by atoms with van der Waals surface area (Å²) in [5, 5.41) is 0. The first kappa shape index (κ1) is 8.15. The van der Waals surface area contributed by atoms with Crippen LogP contribution < -0.4 is 5.73 Å². The van der Waals surface area contributed by atoms with Gasteiger partial charge in [0.1, 0.15) is 0 Å². The van der Waals surface area contributed by atoms with E-state index in [2.05, 4.69) is 0 Å². The van der Waals surface area contributed by atoms with Gasteiger partial charge in [0, 0.05) is 5.70 Å². The quantitative estimate of drug-likeness (QED) is 0.672. The van der Waals surface area contributed by atoms with Crippen LogP contribution in [-0.2, 0) is 0 Å². The lowest BCUT2D eigenvalue weighted by atomic mass is 10.2. The Kier molecular flexibility index (Phi) is 2.99. The number of hydrogen-bond acceptors (Lipinski definition) is 1. The van der Waals surface area contributed by atoms with Crippen molar-refractivity contribution in [1.29, 1.82) is 0 Å². The van der Waals surface area contributed by atoms with Crippen molar-refractivity contribution >= 4 is 17.7 Å². The molecule has 58 valence electrons. The third-order valence-corrected chi connectivity index (χ3v) is 1.61. The summed E-state index contributed by atoms with van der Waals surface area (Å²) in [4.78, 5) is 0. The Morgan fingerprint density at radius 1 is 1.36 bits per heavy atom. The highest BCUT2D eigenvalue weighted by molar-refractivity contribution is 6.19. The largest absolute Gasteiger partial charge is 0.401 e. The summed E-state index contributed by atoms with van der Waals surface area (Å²) in [5.41, 5.74) is 7.32. The minimum Gasteiger partial charge on any atom is -0.401 e. The molecule has 11 heavy (non-hydrogen) atoms. The lowest BCUT2D eigenvalue weighted by Crippen LogP contribution is -1.96. The Balaban J connectivity index is 2.79. The van der Waals surface area contributed by atoms with E-state index < -0.39 is 0 Å². The van der Waals surface area contributed by atoms with Crippen LogP contribution in [0.2, 0.25) is 0 Å². The summed E-state index contributed by atoms with van der Waals surface area (Å²) < 4.78 is 0. The van der Waals surface area contributed by atoms with Gasteiger partial charge in [0.05, 0.1) is 5.88 Å². The molecule has 0 spiro atoms. The van der Waals surface area contributed by atoms with Gasteiger partial charge in [0.2, 0.25) is 0 Å². The highest BCUT2D eigenvalue weighted by Gasteiger charge is 1.87. The van der Waals surface area contributed by atoms with Gasteiger partial charge in [-0.3, -0.25) is 0 Å². The van der Waals surface area contributed by atoms with Gasteiger partial charge in [-0.05, 0) is 11.6 Å². The van der Waals surface area contributed by atoms with Gasteiger partial charge in [-0.1, -0.05) is 30.3 Å². The highest BCUT2D eigenvalue weighted by Crippen LogP contribution is 2.03. The molecule has 0 saturated heterocycles. The molecule has 2 heteroatoms. The average molecular weight is 168 g/mol. The molecule has 1 aromatic rings. The Bertz CT molecular complexity index is 241. The van der Waals surface area contributed by atoms with Gasteiger partial charge in [0.25, 0.3) is 0 Å². The van der Waals surface area contributed by atoms with Crippen molar-refractivity contribution in [3.63, 3.8) is 0 Å². The summed E-state index contributed by atoms with van der Waals surface area (Å²) in [6.45, 7) is 0. The Labute approximate surface area is 71.5 Å². The molecule has 0 aliphatic heterocycles. The van der Waals surface area contributed by atoms with Gasteiger partial charge < -0.3 is 5.73 Å². The molecule has 1 rings (SSSR count). The smallest absolute Gasteiger partial charge is 0.0619 e. The number of nitrogens with two attached hydrogens (primary N) is 1. The molecule has 0 amide bonds. The predicted octanol–water partition coefficient (Wildman–Crippen LogP) is 2.23. The fourth-order valence-electron chi connectivity index (χ4n) is 0.802. The van der Waals surface area contributed by atoms with E-state index in [1.54, 1.807) is 0 Å². The summed E-state index contributed by atoms with van der Waals surface area (Å²) in [7, 11) is 0. The highest BCUT2D eigenvalue weighted by atomic mass is 35.5. The second-order valence-electron chi connectivity index (χ2n) is 2.26. The lowest BCUT2D eigenvalue weighted by Gasteiger charge is -1.94. The molecule has 0 aromatic heterocycles. The van der Waals surface area contributed by atoms with Crippen molar-refractivity contribution in [3.8, 4) is 0 Å². The van der Waals surface area contributed by atoms with E-state index in [1.165, 1.54) is 0 Å². The molecule has 1 nitrogen and oxygen atoms in total. The van der Waals surface area contributed by atoms with Crippen molar-refractivity contribution in [3.05, 3.63) is 41.6 Å². The van der Waals surface area contributed by atoms with Gasteiger partial charge in [-0.2, -0.15) is 0 Å². The lowest BCUT2D eigenvalue weighted by molar-refractivity contribution is 1.35. The van der Waals surface area contributed by atoms with Crippen LogP contribution >= 0.6 is 11.6 Å². The van der Waals surface area contributed by atoms with Gasteiger partial charge in [-0.15, -0.1) is 11.6 Å². The van der Waals surface area contributed by atoms with Crippen molar-refractivity contribution in [2.45, 2.75) is 0 Å². The van der Waals surface area contributed by atoms with Gasteiger partial charge in [-0.25, -0.2) is 0 Å². The molecule has 1 aromatic carbocycles. The maximum absolute atomic E-state index is 5.53. The first-order valence-electron chi connectivity index (χ1n) is 3.40. The monoisotopic (exact) mass is 167 g/mol. The Hall–Kier alpha value is -0.950. The number of alkyl halides is 1. The van der Waals surface area contributed by atoms with Crippen LogP contribution in [0, 0.1) is 0 Å². The third-order valence-electron chi connectivity index (χ3n) is 1.31. The molecule has 0 bridgehead atoms. The van der Waals surface area contributed by atoms with Crippen LogP contribution in [0.3, 0.4) is 0 Å². The number of allylic oxidation sites excluding steroid dienone is 1. The van der Waals surface area contributed by atoms with Crippen molar-refractivity contribution in [2.24, 2.45) is 5.73 Å². The molecular weight excluding hydrogens is 158 g/mol. The SMILES string of the molecule is NC(=Cc1ccccc1)CCl. The topological polar surface area (TPSA) is 26.0 Å². The number of halogens is 1. The van der Waals surface area contributed by atoms with Crippen LogP contribution in [0.1, 0.15) is 5.56 Å². The second kappa shape index (κ2) is 4.04. The molecule has 0 fully saturated rings. The second-order valence-corrected chi connectivity index (χ2v) is 2.53. The minimum atomic E-state index is 0.384. The maximum atomic E-state index is 5.53. The van der Waals surface area contributed by atoms with Crippen molar-refractivity contribution in [1.82, 2.24) is 0 Å². The van der Waals surface area contributed by atoms with Crippen molar-refractivity contribution < 1.29 is 0 Å². The summed E-state index contributed by atoms with van der Waals surface area (Å²) in [6, 6.07) is 9.87. The fraction of sp³-hybridized carbons (Fsp3) is 0.111. The van der Waals surface area contributed by atoms with Crippen LogP contribution in [0.5, 0.6) is 0 Å². The van der Waals surface area contributed by atoms with Crippen molar-refractivity contribution in [2.75, 3.05) is 5.88 Å². The summed E-state index contributed by atoms with van der Waals surface area (Å²) in [6.07, 6.45) is 1.87. The Morgan fingerprint density at radius 2 is 2.00 bits per heavy atom. The summed E-state index contributed by atoms with van der Waals surface area (Å²) in [5.74, 6) is 0.384. The Morgan fingerprint density at radius 3 is 2.55 bits per heavy atom. The zero-order valence-corrected chi connectivity index (χ0v) is 6.88. The van der Waals surface area contributed by atoms with E-state index in [-0.39, 0.29) is 0 Å². The van der Waals surface area contributed by atoms with Crippen LogP contribution in [0.25, 0.3) is 6.08 Å². The molecular formula is C9H10ClN. The van der Waals surface area contributed by atoms with Crippen LogP contribution in [-0.4, -0.2) is 5.88 Å². The fourth-order valence-corrected chi connectivity index (χ4v) is 0.879. The predicted molar refractivity (Wildman–Crippen MR) is 49.3 cm³/mol. The molecule has 2 N–H and O–H groups in total. The first-order chi connectivity index (χ1) is 5.33. The van der Waals surface area contributed by atoms with E-state index >= 15 is 0 Å².